The van der Waals surface area contributed by atoms with E-state index in [1.54, 1.807) is 19.5 Å². The number of nitrogens with zero attached hydrogens (tertiary/aromatic N) is 6. The molecular weight excluding hydrogens is 450 g/mol. The predicted octanol–water partition coefficient (Wildman–Crippen LogP) is 2.57. The Morgan fingerprint density at radius 3 is 2.32 bits per heavy atom. The van der Waals surface area contributed by atoms with Crippen molar-refractivity contribution < 1.29 is 9.53 Å². The van der Waals surface area contributed by atoms with Crippen LogP contribution in [0.4, 0.5) is 0 Å². The number of carbonyl (C=O) groups excluding carboxylic acids is 1. The zero-order chi connectivity index (χ0) is 24.1. The highest BCUT2D eigenvalue weighted by molar-refractivity contribution is 7.71. The van der Waals surface area contributed by atoms with Crippen LogP contribution >= 0.6 is 12.2 Å². The average Bonchev–Trinajstić information content (AvgIpc) is 3.16. The number of amides is 1. The lowest BCUT2D eigenvalue weighted by atomic mass is 10.2. The minimum Gasteiger partial charge on any atom is -0.497 e. The maximum absolute atomic E-state index is 12.1. The van der Waals surface area contributed by atoms with Crippen molar-refractivity contribution >= 4 is 18.1 Å². The molecule has 0 atom stereocenters. The van der Waals surface area contributed by atoms with Crippen LogP contribution < -0.4 is 10.1 Å². The van der Waals surface area contributed by atoms with Gasteiger partial charge in [0.15, 0.2) is 5.82 Å². The number of pyridine rings is 1. The largest absolute Gasteiger partial charge is 0.497 e. The smallest absolute Gasteiger partial charge is 0.234 e. The van der Waals surface area contributed by atoms with Crippen LogP contribution in [-0.2, 0) is 11.5 Å². The van der Waals surface area contributed by atoms with E-state index in [9.17, 15) is 4.79 Å². The van der Waals surface area contributed by atoms with E-state index in [1.807, 2.05) is 59.5 Å². The molecule has 10 heteroatoms. The monoisotopic (exact) mass is 481 g/mol. The number of methoxy groups -OCH3 is 1. The maximum Gasteiger partial charge on any atom is 0.234 e. The van der Waals surface area contributed by atoms with Gasteiger partial charge in [-0.15, -0.1) is 5.10 Å². The van der Waals surface area contributed by atoms with Crippen molar-refractivity contribution in [3.05, 3.63) is 53.6 Å². The Kier molecular flexibility index (Phi) is 7.71. The van der Waals surface area contributed by atoms with E-state index in [4.69, 9.17) is 22.1 Å². The zero-order valence-corrected chi connectivity index (χ0v) is 20.7. The molecule has 1 aliphatic heterocycles. The number of nitrogens with one attached hydrogen (secondary N) is 1. The summed E-state index contributed by atoms with van der Waals surface area (Å²) in [7, 11) is 1.65. The third kappa shape index (κ3) is 5.69. The molecule has 0 bridgehead atoms. The molecule has 1 saturated heterocycles. The average molecular weight is 482 g/mol. The van der Waals surface area contributed by atoms with Crippen molar-refractivity contribution in [2.24, 2.45) is 0 Å². The van der Waals surface area contributed by atoms with E-state index < -0.39 is 0 Å². The molecule has 0 unspecified atom stereocenters. The van der Waals surface area contributed by atoms with Gasteiger partial charge in [-0.1, -0.05) is 0 Å². The summed E-state index contributed by atoms with van der Waals surface area (Å²) in [5, 5.41) is 7.85. The highest BCUT2D eigenvalue weighted by atomic mass is 32.1. The van der Waals surface area contributed by atoms with Gasteiger partial charge in [-0.25, -0.2) is 4.68 Å². The molecule has 0 radical (unpaired) electrons. The van der Waals surface area contributed by atoms with Crippen molar-refractivity contribution in [1.82, 2.24) is 34.4 Å². The Balaban J connectivity index is 1.52. The van der Waals surface area contributed by atoms with E-state index in [1.165, 1.54) is 0 Å². The van der Waals surface area contributed by atoms with Crippen LogP contribution in [0, 0.1) is 4.77 Å². The lowest BCUT2D eigenvalue weighted by molar-refractivity contribution is -0.123. The lowest BCUT2D eigenvalue weighted by Gasteiger charge is -2.34. The number of benzene rings is 1. The summed E-state index contributed by atoms with van der Waals surface area (Å²) in [6, 6.07) is 11.8. The van der Waals surface area contributed by atoms with Crippen LogP contribution in [0.25, 0.3) is 17.1 Å². The number of aromatic nitrogens is 4. The summed E-state index contributed by atoms with van der Waals surface area (Å²) in [4.78, 5) is 20.7. The third-order valence-corrected chi connectivity index (χ3v) is 6.12. The molecule has 1 aliphatic rings. The van der Waals surface area contributed by atoms with Gasteiger partial charge in [0, 0.05) is 50.2 Å². The van der Waals surface area contributed by atoms with Gasteiger partial charge in [0.2, 0.25) is 10.7 Å². The first-order valence-corrected chi connectivity index (χ1v) is 11.8. The van der Waals surface area contributed by atoms with Gasteiger partial charge in [-0.3, -0.25) is 24.1 Å². The summed E-state index contributed by atoms with van der Waals surface area (Å²) < 4.78 is 9.78. The summed E-state index contributed by atoms with van der Waals surface area (Å²) in [6.45, 7) is 8.32. The van der Waals surface area contributed by atoms with Gasteiger partial charge in [-0.05, 0) is 62.5 Å². The van der Waals surface area contributed by atoms with Crippen molar-refractivity contribution in [3.8, 4) is 22.8 Å². The minimum atomic E-state index is 0.0749. The molecule has 3 heterocycles. The quantitative estimate of drug-likeness (QED) is 0.496. The summed E-state index contributed by atoms with van der Waals surface area (Å²) in [5.74, 6) is 1.63. The second kappa shape index (κ2) is 10.9. The number of hydrogen-bond donors (Lipinski definition) is 1. The second-order valence-corrected chi connectivity index (χ2v) is 9.00. The fourth-order valence-corrected chi connectivity index (χ4v) is 4.29. The molecule has 1 N–H and O–H groups in total. The molecule has 2 aromatic heterocycles. The van der Waals surface area contributed by atoms with E-state index in [0.717, 1.165) is 49.0 Å². The molecule has 180 valence electrons. The predicted molar refractivity (Wildman–Crippen MR) is 133 cm³/mol. The maximum atomic E-state index is 12.1. The van der Waals surface area contributed by atoms with Gasteiger partial charge in [-0.2, -0.15) is 0 Å². The van der Waals surface area contributed by atoms with Crippen molar-refractivity contribution in [2.45, 2.75) is 26.6 Å². The van der Waals surface area contributed by atoms with Crippen LogP contribution in [-0.4, -0.2) is 80.9 Å². The standard InChI is InChI=1S/C24H31N7O2S/c1-18(2)26-22(32)16-28-12-14-29(15-13-28)17-30-24(34)31(20-4-6-21(33-3)7-5-20)23(27-30)19-8-10-25-11-9-19/h4-11,18H,12-17H2,1-3H3,(H,26,32). The molecule has 1 amide bonds. The van der Waals surface area contributed by atoms with Gasteiger partial charge in [0.1, 0.15) is 5.75 Å². The molecular formula is C24H31N7O2S. The van der Waals surface area contributed by atoms with E-state index in [2.05, 4.69) is 20.1 Å². The van der Waals surface area contributed by atoms with Gasteiger partial charge < -0.3 is 10.1 Å². The molecule has 0 spiro atoms. The van der Waals surface area contributed by atoms with Gasteiger partial charge in [0.05, 0.1) is 26.0 Å². The van der Waals surface area contributed by atoms with E-state index in [-0.39, 0.29) is 11.9 Å². The molecule has 1 fully saturated rings. The Bertz CT molecular complexity index is 1150. The van der Waals surface area contributed by atoms with E-state index >= 15 is 0 Å². The molecule has 3 aromatic rings. The Labute approximate surface area is 205 Å². The molecule has 34 heavy (non-hydrogen) atoms. The molecule has 4 rings (SSSR count). The minimum absolute atomic E-state index is 0.0749. The number of hydrogen-bond acceptors (Lipinski definition) is 7. The van der Waals surface area contributed by atoms with Crippen molar-refractivity contribution in [1.29, 1.82) is 0 Å². The number of ether oxygens (including phenoxy) is 1. The van der Waals surface area contributed by atoms with Crippen LogP contribution in [0.15, 0.2) is 48.8 Å². The molecule has 0 saturated carbocycles. The summed E-state index contributed by atoms with van der Waals surface area (Å²) in [6.07, 6.45) is 3.51. The van der Waals surface area contributed by atoms with Crippen LogP contribution in [0.5, 0.6) is 5.75 Å². The lowest BCUT2D eigenvalue weighted by Crippen LogP contribution is -2.50. The Morgan fingerprint density at radius 1 is 1.06 bits per heavy atom. The normalized spacial score (nSPS) is 14.9. The van der Waals surface area contributed by atoms with Crippen LogP contribution in [0.3, 0.4) is 0 Å². The molecule has 9 nitrogen and oxygen atoms in total. The zero-order valence-electron chi connectivity index (χ0n) is 19.8. The first kappa shape index (κ1) is 24.1. The Morgan fingerprint density at radius 2 is 1.71 bits per heavy atom. The van der Waals surface area contributed by atoms with Crippen molar-refractivity contribution in [3.63, 3.8) is 0 Å². The van der Waals surface area contributed by atoms with Gasteiger partial charge in [0.25, 0.3) is 0 Å². The fourth-order valence-electron chi connectivity index (χ4n) is 4.00. The van der Waals surface area contributed by atoms with Crippen molar-refractivity contribution in [2.75, 3.05) is 39.8 Å². The first-order chi connectivity index (χ1) is 16.4. The molecule has 0 aliphatic carbocycles. The highest BCUT2D eigenvalue weighted by Crippen LogP contribution is 2.24. The van der Waals surface area contributed by atoms with Gasteiger partial charge >= 0.3 is 0 Å². The second-order valence-electron chi connectivity index (χ2n) is 8.63. The Hall–Kier alpha value is -3.08. The number of carbonyl (C=O) groups is 1. The topological polar surface area (TPSA) is 80.5 Å². The summed E-state index contributed by atoms with van der Waals surface area (Å²) in [5.41, 5.74) is 1.86. The number of rotatable bonds is 8. The SMILES string of the molecule is COc1ccc(-n2c(-c3ccncc3)nn(CN3CCN(CC(=O)NC(C)C)CC3)c2=S)cc1. The highest BCUT2D eigenvalue weighted by Gasteiger charge is 2.21. The van der Waals surface area contributed by atoms with Crippen LogP contribution in [0.1, 0.15) is 13.8 Å². The van der Waals surface area contributed by atoms with E-state index in [0.29, 0.717) is 18.0 Å². The third-order valence-electron chi connectivity index (χ3n) is 5.72. The number of piperazine rings is 1. The molecule has 1 aromatic carbocycles. The van der Waals surface area contributed by atoms with Crippen LogP contribution in [0.2, 0.25) is 0 Å². The summed E-state index contributed by atoms with van der Waals surface area (Å²) >= 11 is 5.87. The first-order valence-electron chi connectivity index (χ1n) is 11.4. The fraction of sp³-hybridized carbons (Fsp3) is 0.417.